The van der Waals surface area contributed by atoms with Crippen LogP contribution >= 0.6 is 0 Å². The Morgan fingerprint density at radius 1 is 1.40 bits per heavy atom. The lowest BCUT2D eigenvalue weighted by Gasteiger charge is -2.26. The van der Waals surface area contributed by atoms with Gasteiger partial charge in [0.1, 0.15) is 17.4 Å². The van der Waals surface area contributed by atoms with Gasteiger partial charge in [-0.2, -0.15) is 0 Å². The number of hydrogen-bond donors (Lipinski definition) is 2. The second-order valence-electron chi connectivity index (χ2n) is 7.09. The van der Waals surface area contributed by atoms with E-state index >= 15 is 0 Å². The summed E-state index contributed by atoms with van der Waals surface area (Å²) in [6.07, 6.45) is 1.99. The Labute approximate surface area is 147 Å². The molecule has 0 fully saturated rings. The van der Waals surface area contributed by atoms with Crippen LogP contribution in [0.2, 0.25) is 0 Å². The molecule has 1 aliphatic rings. The topological polar surface area (TPSA) is 97.9 Å². The summed E-state index contributed by atoms with van der Waals surface area (Å²) in [5.41, 5.74) is 0. The minimum atomic E-state index is -0.302. The predicted molar refractivity (Wildman–Crippen MR) is 93.3 cm³/mol. The van der Waals surface area contributed by atoms with Crippen LogP contribution in [-0.2, 0) is 17.8 Å². The lowest BCUT2D eigenvalue weighted by molar-refractivity contribution is -0.117. The Morgan fingerprint density at radius 2 is 2.20 bits per heavy atom. The van der Waals surface area contributed by atoms with Gasteiger partial charge in [-0.15, -0.1) is 10.2 Å². The molecule has 1 aliphatic heterocycles. The molecule has 2 aromatic heterocycles. The zero-order chi connectivity index (χ0) is 18.0. The monoisotopic (exact) mass is 346 g/mol. The number of aryl methyl sites for hydroxylation is 2. The minimum Gasteiger partial charge on any atom is -0.360 e. The van der Waals surface area contributed by atoms with Gasteiger partial charge in [-0.3, -0.25) is 4.79 Å². The Bertz CT molecular complexity index is 735. The molecule has 0 saturated carbocycles. The molecular weight excluding hydrogens is 320 g/mol. The van der Waals surface area contributed by atoms with Gasteiger partial charge in [-0.05, 0) is 26.2 Å². The zero-order valence-corrected chi connectivity index (χ0v) is 15.2. The number of nitrogens with one attached hydrogen (secondary N) is 2. The molecule has 3 rings (SSSR count). The van der Waals surface area contributed by atoms with Crippen molar-refractivity contribution in [1.82, 2.24) is 25.2 Å². The molecule has 136 valence electrons. The number of rotatable bonds is 6. The fourth-order valence-corrected chi connectivity index (χ4v) is 3.11. The molecule has 0 radical (unpaired) electrons. The quantitative estimate of drug-likeness (QED) is 0.829. The van der Waals surface area contributed by atoms with E-state index in [4.69, 9.17) is 4.52 Å². The van der Waals surface area contributed by atoms with Crippen molar-refractivity contribution in [3.05, 3.63) is 23.5 Å². The molecule has 25 heavy (non-hydrogen) atoms. The molecule has 8 heteroatoms. The molecule has 0 saturated heterocycles. The van der Waals surface area contributed by atoms with Crippen LogP contribution in [0.3, 0.4) is 0 Å². The summed E-state index contributed by atoms with van der Waals surface area (Å²) >= 11 is 0. The van der Waals surface area contributed by atoms with E-state index in [9.17, 15) is 4.79 Å². The first-order valence-corrected chi connectivity index (χ1v) is 8.83. The van der Waals surface area contributed by atoms with Crippen LogP contribution in [0.25, 0.3) is 0 Å². The molecule has 2 aromatic rings. The maximum Gasteiger partial charge on any atom is 0.242 e. The van der Waals surface area contributed by atoms with Crippen molar-refractivity contribution in [2.24, 2.45) is 5.92 Å². The van der Waals surface area contributed by atoms with Gasteiger partial charge in [0, 0.05) is 31.5 Å². The molecule has 2 unspecified atom stereocenters. The third-order valence-corrected chi connectivity index (χ3v) is 4.57. The average molecular weight is 346 g/mol. The molecule has 2 atom stereocenters. The van der Waals surface area contributed by atoms with E-state index in [2.05, 4.69) is 44.4 Å². The van der Waals surface area contributed by atoms with Crippen LogP contribution in [0, 0.1) is 12.8 Å². The maximum absolute atomic E-state index is 12.2. The number of fused-ring (bicyclic) bond motifs is 1. The zero-order valence-electron chi connectivity index (χ0n) is 15.2. The maximum atomic E-state index is 12.2. The lowest BCUT2D eigenvalue weighted by Crippen LogP contribution is -2.42. The first-order valence-electron chi connectivity index (χ1n) is 8.83. The standard InChI is InChI=1S/C17H26N6O2/c1-10(2)16-21-20-15-6-5-13(9-23(15)16)8-18-12(4)17(24)19-14-7-11(3)25-22-14/h7,10,12-13,18H,5-6,8-9H2,1-4H3,(H,19,22,24). The van der Waals surface area contributed by atoms with Gasteiger partial charge in [0.2, 0.25) is 5.91 Å². The van der Waals surface area contributed by atoms with Crippen molar-refractivity contribution in [2.75, 3.05) is 11.9 Å². The van der Waals surface area contributed by atoms with Gasteiger partial charge in [0.15, 0.2) is 5.82 Å². The normalized spacial score (nSPS) is 18.2. The van der Waals surface area contributed by atoms with Crippen LogP contribution in [0.15, 0.2) is 10.6 Å². The first-order chi connectivity index (χ1) is 11.9. The van der Waals surface area contributed by atoms with Crippen LogP contribution in [0.1, 0.15) is 50.5 Å². The Balaban J connectivity index is 1.51. The Hall–Kier alpha value is -2.22. The first kappa shape index (κ1) is 17.6. The van der Waals surface area contributed by atoms with Gasteiger partial charge in [-0.25, -0.2) is 0 Å². The van der Waals surface area contributed by atoms with Crippen molar-refractivity contribution < 1.29 is 9.32 Å². The van der Waals surface area contributed by atoms with Crippen molar-refractivity contribution >= 4 is 11.7 Å². The fourth-order valence-electron chi connectivity index (χ4n) is 3.11. The van der Waals surface area contributed by atoms with Crippen LogP contribution in [0.4, 0.5) is 5.82 Å². The van der Waals surface area contributed by atoms with Crippen LogP contribution in [0.5, 0.6) is 0 Å². The SMILES string of the molecule is Cc1cc(NC(=O)C(C)NCC2CCc3nnc(C(C)C)n3C2)no1. The smallest absolute Gasteiger partial charge is 0.242 e. The van der Waals surface area contributed by atoms with E-state index in [1.165, 1.54) is 0 Å². The largest absolute Gasteiger partial charge is 0.360 e. The highest BCUT2D eigenvalue weighted by molar-refractivity contribution is 5.93. The number of amides is 1. The summed E-state index contributed by atoms with van der Waals surface area (Å²) in [6, 6.07) is 1.40. The third-order valence-electron chi connectivity index (χ3n) is 4.57. The highest BCUT2D eigenvalue weighted by Gasteiger charge is 2.25. The second kappa shape index (κ2) is 7.35. The molecule has 0 bridgehead atoms. The number of carbonyl (C=O) groups is 1. The number of aromatic nitrogens is 4. The van der Waals surface area contributed by atoms with Gasteiger partial charge >= 0.3 is 0 Å². The average Bonchev–Trinajstić information content (AvgIpc) is 3.18. The summed E-state index contributed by atoms with van der Waals surface area (Å²) in [7, 11) is 0. The number of anilines is 1. The Kier molecular flexibility index (Phi) is 5.17. The van der Waals surface area contributed by atoms with Crippen molar-refractivity contribution in [1.29, 1.82) is 0 Å². The van der Waals surface area contributed by atoms with Crippen molar-refractivity contribution in [3.63, 3.8) is 0 Å². The highest BCUT2D eigenvalue weighted by Crippen LogP contribution is 2.23. The minimum absolute atomic E-state index is 0.114. The Morgan fingerprint density at radius 3 is 2.88 bits per heavy atom. The van der Waals surface area contributed by atoms with E-state index in [0.29, 0.717) is 23.4 Å². The van der Waals surface area contributed by atoms with Crippen molar-refractivity contribution in [3.8, 4) is 0 Å². The van der Waals surface area contributed by atoms with Gasteiger partial charge in [-0.1, -0.05) is 19.0 Å². The number of hydrogen-bond acceptors (Lipinski definition) is 6. The number of carbonyl (C=O) groups excluding carboxylic acids is 1. The number of nitrogens with zero attached hydrogens (tertiary/aromatic N) is 4. The van der Waals surface area contributed by atoms with E-state index in [-0.39, 0.29) is 11.9 Å². The fraction of sp³-hybridized carbons (Fsp3) is 0.647. The van der Waals surface area contributed by atoms with E-state index in [1.807, 2.05) is 6.92 Å². The molecular formula is C17H26N6O2. The van der Waals surface area contributed by atoms with Crippen molar-refractivity contribution in [2.45, 2.75) is 59.0 Å². The molecule has 0 spiro atoms. The second-order valence-corrected chi connectivity index (χ2v) is 7.09. The van der Waals surface area contributed by atoms with Gasteiger partial charge < -0.3 is 19.7 Å². The molecule has 3 heterocycles. The molecule has 8 nitrogen and oxygen atoms in total. The summed E-state index contributed by atoms with van der Waals surface area (Å²) in [5, 5.41) is 18.5. The molecule has 2 N–H and O–H groups in total. The predicted octanol–water partition coefficient (Wildman–Crippen LogP) is 1.88. The summed E-state index contributed by atoms with van der Waals surface area (Å²) < 4.78 is 7.20. The van der Waals surface area contributed by atoms with Crippen LogP contribution < -0.4 is 10.6 Å². The highest BCUT2D eigenvalue weighted by atomic mass is 16.5. The van der Waals surface area contributed by atoms with E-state index in [1.54, 1.807) is 13.0 Å². The lowest BCUT2D eigenvalue weighted by atomic mass is 9.98. The van der Waals surface area contributed by atoms with Gasteiger partial charge in [0.05, 0.1) is 6.04 Å². The summed E-state index contributed by atoms with van der Waals surface area (Å²) in [6.45, 7) is 9.60. The summed E-state index contributed by atoms with van der Waals surface area (Å²) in [5.74, 6) is 3.96. The molecule has 1 amide bonds. The van der Waals surface area contributed by atoms with E-state index < -0.39 is 0 Å². The van der Waals surface area contributed by atoms with Crippen LogP contribution in [-0.4, -0.2) is 38.4 Å². The van der Waals surface area contributed by atoms with E-state index in [0.717, 1.165) is 37.6 Å². The molecule has 0 aromatic carbocycles. The molecule has 0 aliphatic carbocycles. The third kappa shape index (κ3) is 4.07. The van der Waals surface area contributed by atoms with Gasteiger partial charge in [0.25, 0.3) is 0 Å². The summed E-state index contributed by atoms with van der Waals surface area (Å²) in [4.78, 5) is 12.2.